The van der Waals surface area contributed by atoms with Gasteiger partial charge in [-0.2, -0.15) is 0 Å². The van der Waals surface area contributed by atoms with Crippen molar-refractivity contribution in [2.75, 3.05) is 0 Å². The van der Waals surface area contributed by atoms with Gasteiger partial charge in [-0.25, -0.2) is 4.79 Å². The molecule has 0 bridgehead atoms. The molecule has 112 valence electrons. The molecule has 1 amide bonds. The van der Waals surface area contributed by atoms with Crippen molar-refractivity contribution in [2.24, 2.45) is 11.3 Å². The molecule has 1 aromatic carbocycles. The predicted octanol–water partition coefficient (Wildman–Crippen LogP) is 2.56. The summed E-state index contributed by atoms with van der Waals surface area (Å²) in [5, 5.41) is 12.2. The van der Waals surface area contributed by atoms with E-state index in [4.69, 9.17) is 4.74 Å². The minimum Gasteiger partial charge on any atom is -0.481 e. The summed E-state index contributed by atoms with van der Waals surface area (Å²) < 4.78 is 5.19. The summed E-state index contributed by atoms with van der Waals surface area (Å²) in [5.41, 5.74) is 0.333. The first-order valence-corrected chi connectivity index (χ1v) is 7.32. The molecule has 2 aliphatic rings. The highest BCUT2D eigenvalue weighted by Crippen LogP contribution is 2.57. The summed E-state index contributed by atoms with van der Waals surface area (Å²) in [6, 6.07) is 9.41. The fourth-order valence-electron chi connectivity index (χ4n) is 3.63. The molecule has 0 aromatic heterocycles. The fraction of sp³-hybridized carbons (Fsp3) is 0.500. The molecule has 2 aliphatic carbocycles. The topological polar surface area (TPSA) is 75.6 Å². The molecule has 3 atom stereocenters. The summed E-state index contributed by atoms with van der Waals surface area (Å²) in [5.74, 6) is -0.667. The lowest BCUT2D eigenvalue weighted by molar-refractivity contribution is -0.159. The largest absolute Gasteiger partial charge is 0.481 e. The van der Waals surface area contributed by atoms with Gasteiger partial charge >= 0.3 is 12.1 Å². The molecule has 5 nitrogen and oxygen atoms in total. The molecule has 0 radical (unpaired) electrons. The van der Waals surface area contributed by atoms with Crippen LogP contribution in [0.25, 0.3) is 0 Å². The van der Waals surface area contributed by atoms with Crippen LogP contribution >= 0.6 is 0 Å². The van der Waals surface area contributed by atoms with Crippen LogP contribution in [0, 0.1) is 11.3 Å². The lowest BCUT2D eigenvalue weighted by atomic mass is 9.61. The van der Waals surface area contributed by atoms with Gasteiger partial charge in [-0.05, 0) is 37.2 Å². The number of alkyl carbamates (subject to hydrolysis) is 1. The number of aliphatic carboxylic acids is 1. The Balaban J connectivity index is 1.51. The van der Waals surface area contributed by atoms with E-state index in [9.17, 15) is 14.7 Å². The first kappa shape index (κ1) is 13.9. The number of benzene rings is 1. The minimum atomic E-state index is -0.722. The molecule has 2 fully saturated rings. The maximum absolute atomic E-state index is 11.8. The summed E-state index contributed by atoms with van der Waals surface area (Å²) >= 11 is 0. The molecule has 0 spiro atoms. The number of carboxylic acids is 1. The van der Waals surface area contributed by atoms with E-state index >= 15 is 0 Å². The monoisotopic (exact) mass is 289 g/mol. The second-order valence-electron chi connectivity index (χ2n) is 5.96. The molecule has 0 heterocycles. The Kier molecular flexibility index (Phi) is 3.57. The van der Waals surface area contributed by atoms with Crippen molar-refractivity contribution in [2.45, 2.75) is 38.3 Å². The van der Waals surface area contributed by atoms with E-state index in [0.717, 1.165) is 24.8 Å². The van der Waals surface area contributed by atoms with E-state index < -0.39 is 17.5 Å². The highest BCUT2D eigenvalue weighted by molar-refractivity contribution is 5.77. The third-order valence-electron chi connectivity index (χ3n) is 4.94. The number of carboxylic acid groups (broad SMARTS) is 1. The number of carbonyl (C=O) groups is 2. The minimum absolute atomic E-state index is 0.0549. The van der Waals surface area contributed by atoms with Crippen LogP contribution in [-0.2, 0) is 16.1 Å². The maximum atomic E-state index is 11.8. The van der Waals surface area contributed by atoms with Crippen molar-refractivity contribution < 1.29 is 19.4 Å². The van der Waals surface area contributed by atoms with E-state index in [0.29, 0.717) is 6.42 Å². The molecule has 1 aromatic rings. The van der Waals surface area contributed by atoms with Crippen molar-refractivity contribution in [3.05, 3.63) is 35.9 Å². The smallest absolute Gasteiger partial charge is 0.407 e. The average molecular weight is 289 g/mol. The van der Waals surface area contributed by atoms with Crippen LogP contribution in [0.1, 0.15) is 31.2 Å². The van der Waals surface area contributed by atoms with Crippen LogP contribution in [-0.4, -0.2) is 23.2 Å². The summed E-state index contributed by atoms with van der Waals surface area (Å²) in [7, 11) is 0. The lowest BCUT2D eigenvalue weighted by Gasteiger charge is -2.43. The van der Waals surface area contributed by atoms with Crippen molar-refractivity contribution in [1.82, 2.24) is 5.32 Å². The summed E-state index contributed by atoms with van der Waals surface area (Å²) in [6.07, 6.45) is 2.51. The Hall–Kier alpha value is -2.04. The summed E-state index contributed by atoms with van der Waals surface area (Å²) in [6.45, 7) is 0.230. The summed E-state index contributed by atoms with van der Waals surface area (Å²) in [4.78, 5) is 23.2. The zero-order valence-electron chi connectivity index (χ0n) is 11.7. The molecule has 3 rings (SSSR count). The quantitative estimate of drug-likeness (QED) is 0.893. The Morgan fingerprint density at radius 3 is 2.52 bits per heavy atom. The molecule has 21 heavy (non-hydrogen) atoms. The van der Waals surface area contributed by atoms with E-state index in [1.165, 1.54) is 0 Å². The lowest BCUT2D eigenvalue weighted by Crippen LogP contribution is -2.50. The number of ether oxygens (including phenoxy) is 1. The van der Waals surface area contributed by atoms with Crippen molar-refractivity contribution in [1.29, 1.82) is 0 Å². The number of carbonyl (C=O) groups excluding carboxylic acids is 1. The van der Waals surface area contributed by atoms with Crippen molar-refractivity contribution >= 4 is 12.1 Å². The van der Waals surface area contributed by atoms with Crippen LogP contribution in [0.3, 0.4) is 0 Å². The normalized spacial score (nSPS) is 30.1. The molecule has 5 heteroatoms. The van der Waals surface area contributed by atoms with Gasteiger partial charge < -0.3 is 15.2 Å². The highest BCUT2D eigenvalue weighted by Gasteiger charge is 2.59. The van der Waals surface area contributed by atoms with E-state index in [1.807, 2.05) is 30.3 Å². The zero-order chi connectivity index (χ0) is 14.9. The van der Waals surface area contributed by atoms with Crippen LogP contribution < -0.4 is 5.32 Å². The first-order valence-electron chi connectivity index (χ1n) is 7.32. The van der Waals surface area contributed by atoms with Gasteiger partial charge in [0.1, 0.15) is 6.61 Å². The Morgan fingerprint density at radius 1 is 1.24 bits per heavy atom. The number of fused-ring (bicyclic) bond motifs is 1. The maximum Gasteiger partial charge on any atom is 0.407 e. The predicted molar refractivity (Wildman–Crippen MR) is 75.6 cm³/mol. The molecular formula is C16H19NO4. The number of rotatable bonds is 4. The number of nitrogens with one attached hydrogen (secondary N) is 1. The number of amides is 1. The fourth-order valence-corrected chi connectivity index (χ4v) is 3.63. The van der Waals surface area contributed by atoms with Gasteiger partial charge in [0.15, 0.2) is 0 Å². The molecule has 2 N–H and O–H groups in total. The van der Waals surface area contributed by atoms with Crippen LogP contribution in [0.5, 0.6) is 0 Å². The molecule has 0 unspecified atom stereocenters. The first-order chi connectivity index (χ1) is 10.1. The van der Waals surface area contributed by atoms with E-state index in [-0.39, 0.29) is 18.6 Å². The number of hydrogen-bond acceptors (Lipinski definition) is 3. The van der Waals surface area contributed by atoms with E-state index in [1.54, 1.807) is 0 Å². The second-order valence-corrected chi connectivity index (χ2v) is 5.96. The van der Waals surface area contributed by atoms with Gasteiger partial charge in [0, 0.05) is 6.04 Å². The molecular weight excluding hydrogens is 270 g/mol. The average Bonchev–Trinajstić information content (AvgIpc) is 2.69. The van der Waals surface area contributed by atoms with Gasteiger partial charge in [-0.1, -0.05) is 30.3 Å². The van der Waals surface area contributed by atoms with Crippen LogP contribution in [0.15, 0.2) is 30.3 Å². The van der Waals surface area contributed by atoms with Gasteiger partial charge in [-0.3, -0.25) is 4.79 Å². The highest BCUT2D eigenvalue weighted by atomic mass is 16.5. The van der Waals surface area contributed by atoms with Crippen molar-refractivity contribution in [3.63, 3.8) is 0 Å². The van der Waals surface area contributed by atoms with Gasteiger partial charge in [-0.15, -0.1) is 0 Å². The SMILES string of the molecule is O=C(N[C@@H]1CC[C@@]2(C(=O)O)CC[C@@H]12)OCc1ccccc1. The van der Waals surface area contributed by atoms with Crippen LogP contribution in [0.2, 0.25) is 0 Å². The third-order valence-corrected chi connectivity index (χ3v) is 4.94. The Bertz CT molecular complexity index is 544. The van der Waals surface area contributed by atoms with Gasteiger partial charge in [0.25, 0.3) is 0 Å². The molecule has 0 saturated heterocycles. The second kappa shape index (κ2) is 5.39. The molecule has 2 saturated carbocycles. The zero-order valence-corrected chi connectivity index (χ0v) is 11.7. The van der Waals surface area contributed by atoms with Gasteiger partial charge in [0.05, 0.1) is 5.41 Å². The van der Waals surface area contributed by atoms with Gasteiger partial charge in [0.2, 0.25) is 0 Å². The standard InChI is InChI=1S/C16H19NO4/c18-14(19)16-8-6-12(16)13(7-9-16)17-15(20)21-10-11-4-2-1-3-5-11/h1-5,12-13H,6-10H2,(H,17,20)(H,18,19)/t12-,13+,16-/m0/s1. The third kappa shape index (κ3) is 2.48. The van der Waals surface area contributed by atoms with Crippen molar-refractivity contribution in [3.8, 4) is 0 Å². The Labute approximate surface area is 123 Å². The van der Waals surface area contributed by atoms with Crippen LogP contribution in [0.4, 0.5) is 4.79 Å². The Morgan fingerprint density at radius 2 is 1.95 bits per heavy atom. The number of hydrogen-bond donors (Lipinski definition) is 2. The molecule has 0 aliphatic heterocycles. The van der Waals surface area contributed by atoms with E-state index in [2.05, 4.69) is 5.32 Å².